The van der Waals surface area contributed by atoms with Gasteiger partial charge in [-0.2, -0.15) is 0 Å². The fourth-order valence-corrected chi connectivity index (χ4v) is 1.28. The molecule has 1 rings (SSSR count). The molecule has 0 aromatic carbocycles. The minimum Gasteiger partial charge on any atom is -0.396 e. The Balaban J connectivity index is 0.000000261. The Labute approximate surface area is 76.4 Å². The molecular weight excluding hydrogens is 150 g/mol. The highest BCUT2D eigenvalue weighted by Gasteiger charge is 2.37. The summed E-state index contributed by atoms with van der Waals surface area (Å²) in [6.45, 7) is 6.84. The molecule has 1 aliphatic rings. The van der Waals surface area contributed by atoms with Crippen molar-refractivity contribution in [1.82, 2.24) is 5.32 Å². The molecule has 1 saturated carbocycles. The maximum atomic E-state index is 7.88. The summed E-state index contributed by atoms with van der Waals surface area (Å²) < 4.78 is 0. The van der Waals surface area contributed by atoms with Gasteiger partial charge in [0.25, 0.3) is 0 Å². The summed E-state index contributed by atoms with van der Waals surface area (Å²) in [4.78, 5) is 0. The number of aliphatic hydroxyl groups is 1. The number of hydrogen-bond acceptors (Lipinski definition) is 2. The summed E-state index contributed by atoms with van der Waals surface area (Å²) in [6.07, 6.45) is 2.27. The number of nitrogens with one attached hydrogen (secondary N) is 1. The van der Waals surface area contributed by atoms with Crippen molar-refractivity contribution in [2.75, 3.05) is 13.7 Å². The first-order valence-corrected chi connectivity index (χ1v) is 4.95. The van der Waals surface area contributed by atoms with Crippen molar-refractivity contribution in [2.45, 2.75) is 39.7 Å². The van der Waals surface area contributed by atoms with Crippen molar-refractivity contribution < 1.29 is 5.11 Å². The molecule has 2 N–H and O–H groups in total. The third-order valence-electron chi connectivity index (χ3n) is 2.29. The Kier molecular flexibility index (Phi) is 6.39. The van der Waals surface area contributed by atoms with Gasteiger partial charge in [0.2, 0.25) is 0 Å². The van der Waals surface area contributed by atoms with E-state index in [1.54, 1.807) is 0 Å². The molecule has 0 spiro atoms. The Hall–Kier alpha value is -0.0800. The van der Waals surface area contributed by atoms with Gasteiger partial charge >= 0.3 is 0 Å². The van der Waals surface area contributed by atoms with Gasteiger partial charge < -0.3 is 10.4 Å². The molecule has 2 atom stereocenters. The summed E-state index contributed by atoms with van der Waals surface area (Å²) in [6, 6.07) is 0.843. The molecule has 0 aliphatic heterocycles. The molecule has 12 heavy (non-hydrogen) atoms. The summed E-state index contributed by atoms with van der Waals surface area (Å²) in [5.41, 5.74) is 0. The maximum Gasteiger partial charge on any atom is 0.0428 e. The molecule has 74 valence electrons. The molecule has 1 fully saturated rings. The van der Waals surface area contributed by atoms with Crippen molar-refractivity contribution in [3.63, 3.8) is 0 Å². The van der Waals surface area contributed by atoms with E-state index in [-0.39, 0.29) is 0 Å². The molecule has 0 aromatic heterocycles. The quantitative estimate of drug-likeness (QED) is 0.680. The van der Waals surface area contributed by atoms with Crippen LogP contribution in [0.5, 0.6) is 0 Å². The Morgan fingerprint density at radius 1 is 1.50 bits per heavy atom. The number of rotatable bonds is 3. The van der Waals surface area contributed by atoms with Gasteiger partial charge in [-0.3, -0.25) is 0 Å². The van der Waals surface area contributed by atoms with Crippen molar-refractivity contribution >= 4 is 0 Å². The van der Waals surface area contributed by atoms with Crippen LogP contribution in [-0.2, 0) is 0 Å². The van der Waals surface area contributed by atoms with E-state index in [0.717, 1.165) is 24.3 Å². The smallest absolute Gasteiger partial charge is 0.0428 e. The molecule has 1 aliphatic carbocycles. The second kappa shape index (κ2) is 6.44. The minimum absolute atomic E-state index is 0.319. The van der Waals surface area contributed by atoms with Crippen molar-refractivity contribution in [3.05, 3.63) is 0 Å². The molecule has 0 saturated heterocycles. The van der Waals surface area contributed by atoms with E-state index in [4.69, 9.17) is 5.11 Å². The van der Waals surface area contributed by atoms with Crippen LogP contribution in [0.3, 0.4) is 0 Å². The predicted molar refractivity (Wildman–Crippen MR) is 53.2 cm³/mol. The molecule has 2 nitrogen and oxygen atoms in total. The molecular formula is C10H23NO. The van der Waals surface area contributed by atoms with Gasteiger partial charge in [0.1, 0.15) is 0 Å². The van der Waals surface area contributed by atoms with Crippen LogP contribution in [0, 0.1) is 11.8 Å². The van der Waals surface area contributed by atoms with Crippen molar-refractivity contribution in [1.29, 1.82) is 0 Å². The van der Waals surface area contributed by atoms with E-state index in [1.165, 1.54) is 6.42 Å². The lowest BCUT2D eigenvalue weighted by atomic mass is 10.1. The monoisotopic (exact) mass is 173 g/mol. The normalized spacial score (nSPS) is 26.5. The first-order chi connectivity index (χ1) is 5.67. The molecule has 0 radical (unpaired) electrons. The van der Waals surface area contributed by atoms with Crippen molar-refractivity contribution in [2.24, 2.45) is 11.8 Å². The van der Waals surface area contributed by atoms with E-state index in [1.807, 2.05) is 14.0 Å². The second-order valence-corrected chi connectivity index (χ2v) is 3.76. The summed E-state index contributed by atoms with van der Waals surface area (Å²) in [5.74, 6) is 1.85. The minimum atomic E-state index is 0.319. The Morgan fingerprint density at radius 2 is 2.00 bits per heavy atom. The van der Waals surface area contributed by atoms with Crippen LogP contribution in [0.4, 0.5) is 0 Å². The zero-order chi connectivity index (χ0) is 9.56. The van der Waals surface area contributed by atoms with Crippen molar-refractivity contribution in [3.8, 4) is 0 Å². The summed E-state index contributed by atoms with van der Waals surface area (Å²) >= 11 is 0. The lowest BCUT2D eigenvalue weighted by molar-refractivity contribution is 0.295. The van der Waals surface area contributed by atoms with Crippen LogP contribution in [0.1, 0.15) is 33.6 Å². The third-order valence-corrected chi connectivity index (χ3v) is 2.29. The SMILES string of the molecule is CCCO.CNC1CC1C(C)C. The molecule has 0 heterocycles. The van der Waals surface area contributed by atoms with E-state index in [9.17, 15) is 0 Å². The molecule has 0 aromatic rings. The highest BCUT2D eigenvalue weighted by molar-refractivity contribution is 4.93. The van der Waals surface area contributed by atoms with E-state index in [2.05, 4.69) is 19.2 Å². The zero-order valence-corrected chi connectivity index (χ0v) is 8.80. The Morgan fingerprint density at radius 3 is 2.08 bits per heavy atom. The summed E-state index contributed by atoms with van der Waals surface area (Å²) in [7, 11) is 2.05. The third kappa shape index (κ3) is 4.73. The van der Waals surface area contributed by atoms with Crippen LogP contribution in [0.15, 0.2) is 0 Å². The van der Waals surface area contributed by atoms with Crippen LogP contribution in [0.25, 0.3) is 0 Å². The van der Waals surface area contributed by atoms with E-state index in [0.29, 0.717) is 6.61 Å². The zero-order valence-electron chi connectivity index (χ0n) is 8.80. The number of hydrogen-bond donors (Lipinski definition) is 2. The van der Waals surface area contributed by atoms with E-state index >= 15 is 0 Å². The van der Waals surface area contributed by atoms with Gasteiger partial charge in [-0.25, -0.2) is 0 Å². The highest BCUT2D eigenvalue weighted by Crippen LogP contribution is 2.36. The maximum absolute atomic E-state index is 7.88. The largest absolute Gasteiger partial charge is 0.396 e. The standard InChI is InChI=1S/C7H15N.C3H8O/c1-5(2)6-4-7(6)8-3;1-2-3-4/h5-8H,4H2,1-3H3;4H,2-3H2,1H3. The van der Waals surface area contributed by atoms with Crippen LogP contribution < -0.4 is 5.32 Å². The van der Waals surface area contributed by atoms with Gasteiger partial charge in [0.05, 0.1) is 0 Å². The van der Waals surface area contributed by atoms with Gasteiger partial charge in [-0.05, 0) is 31.7 Å². The average molecular weight is 173 g/mol. The highest BCUT2D eigenvalue weighted by atomic mass is 16.2. The first kappa shape index (κ1) is 11.9. The molecule has 0 bridgehead atoms. The first-order valence-electron chi connectivity index (χ1n) is 4.95. The fraction of sp³-hybridized carbons (Fsp3) is 1.00. The summed E-state index contributed by atoms with van der Waals surface area (Å²) in [5, 5.41) is 11.1. The van der Waals surface area contributed by atoms with Crippen LogP contribution in [-0.4, -0.2) is 24.8 Å². The van der Waals surface area contributed by atoms with Crippen LogP contribution >= 0.6 is 0 Å². The second-order valence-electron chi connectivity index (χ2n) is 3.76. The topological polar surface area (TPSA) is 32.3 Å². The Bertz CT molecular complexity index is 102. The molecule has 2 heteroatoms. The number of aliphatic hydroxyl groups excluding tert-OH is 1. The fourth-order valence-electron chi connectivity index (χ4n) is 1.28. The van der Waals surface area contributed by atoms with Gasteiger partial charge in [-0.1, -0.05) is 20.8 Å². The van der Waals surface area contributed by atoms with Gasteiger partial charge in [0, 0.05) is 12.6 Å². The lowest BCUT2D eigenvalue weighted by Crippen LogP contribution is -2.12. The molecule has 0 amide bonds. The van der Waals surface area contributed by atoms with Gasteiger partial charge in [0.15, 0.2) is 0 Å². The lowest BCUT2D eigenvalue weighted by Gasteiger charge is -1.99. The molecule has 2 unspecified atom stereocenters. The van der Waals surface area contributed by atoms with Crippen LogP contribution in [0.2, 0.25) is 0 Å². The van der Waals surface area contributed by atoms with E-state index < -0.39 is 0 Å². The predicted octanol–water partition coefficient (Wildman–Crippen LogP) is 1.64. The average Bonchev–Trinajstić information content (AvgIpc) is 2.83. The van der Waals surface area contributed by atoms with Gasteiger partial charge in [-0.15, -0.1) is 0 Å².